The molecule has 0 amide bonds. The van der Waals surface area contributed by atoms with Crippen LogP contribution in [0.3, 0.4) is 0 Å². The van der Waals surface area contributed by atoms with Crippen molar-refractivity contribution in [2.45, 2.75) is 19.0 Å². The molecule has 0 bridgehead atoms. The summed E-state index contributed by atoms with van der Waals surface area (Å²) in [7, 11) is 3.34. The van der Waals surface area contributed by atoms with E-state index in [0.29, 0.717) is 6.04 Å². The van der Waals surface area contributed by atoms with Crippen molar-refractivity contribution in [1.82, 2.24) is 4.90 Å². The van der Waals surface area contributed by atoms with Gasteiger partial charge in [0.1, 0.15) is 0 Å². The van der Waals surface area contributed by atoms with Gasteiger partial charge in [-0.1, -0.05) is 12.1 Å². The van der Waals surface area contributed by atoms with Crippen LogP contribution in [0.25, 0.3) is 0 Å². The molecular weight excluding hydrogens is 252 g/mol. The summed E-state index contributed by atoms with van der Waals surface area (Å²) in [5.74, 6) is 1.61. The number of para-hydroxylation sites is 1. The third kappa shape index (κ3) is 3.28. The second-order valence-electron chi connectivity index (χ2n) is 4.44. The zero-order valence-electron chi connectivity index (χ0n) is 10.9. The molecule has 1 aliphatic heterocycles. The largest absolute Gasteiger partial charge is 0.493 e. The first-order valence-corrected chi connectivity index (χ1v) is 5.92. The first kappa shape index (κ1) is 15.1. The summed E-state index contributed by atoms with van der Waals surface area (Å²) >= 11 is 0. The Hall–Kier alpha value is -0.970. The van der Waals surface area contributed by atoms with Gasteiger partial charge in [-0.2, -0.15) is 0 Å². The molecule has 5 heteroatoms. The summed E-state index contributed by atoms with van der Waals surface area (Å²) < 4.78 is 10.7. The monoisotopic (exact) mass is 272 g/mol. The lowest BCUT2D eigenvalue weighted by molar-refractivity contribution is 0.309. The molecule has 4 nitrogen and oxygen atoms in total. The van der Waals surface area contributed by atoms with Crippen molar-refractivity contribution in [2.75, 3.05) is 27.3 Å². The van der Waals surface area contributed by atoms with Crippen LogP contribution in [-0.2, 0) is 6.54 Å². The smallest absolute Gasteiger partial charge is 0.165 e. The van der Waals surface area contributed by atoms with Crippen molar-refractivity contribution in [1.29, 1.82) is 0 Å². The molecule has 1 unspecified atom stereocenters. The molecule has 1 fully saturated rings. The molecule has 1 aromatic rings. The number of hydrogen-bond donors (Lipinski definition) is 1. The van der Waals surface area contributed by atoms with Crippen LogP contribution in [0.1, 0.15) is 12.0 Å². The molecule has 1 aromatic carbocycles. The second-order valence-corrected chi connectivity index (χ2v) is 4.44. The zero-order chi connectivity index (χ0) is 12.3. The minimum atomic E-state index is 0. The number of hydrogen-bond acceptors (Lipinski definition) is 4. The average molecular weight is 273 g/mol. The van der Waals surface area contributed by atoms with E-state index in [4.69, 9.17) is 15.2 Å². The van der Waals surface area contributed by atoms with Gasteiger partial charge in [-0.15, -0.1) is 12.4 Å². The van der Waals surface area contributed by atoms with Crippen molar-refractivity contribution in [2.24, 2.45) is 5.73 Å². The maximum Gasteiger partial charge on any atom is 0.165 e. The number of nitrogens with zero attached hydrogens (tertiary/aromatic N) is 1. The van der Waals surface area contributed by atoms with Crippen LogP contribution < -0.4 is 15.2 Å². The third-order valence-electron chi connectivity index (χ3n) is 3.19. The van der Waals surface area contributed by atoms with E-state index in [1.165, 1.54) is 0 Å². The van der Waals surface area contributed by atoms with Gasteiger partial charge in [0.2, 0.25) is 0 Å². The van der Waals surface area contributed by atoms with Crippen molar-refractivity contribution >= 4 is 12.4 Å². The Morgan fingerprint density at radius 1 is 1.33 bits per heavy atom. The summed E-state index contributed by atoms with van der Waals surface area (Å²) in [6, 6.07) is 6.29. The molecule has 1 atom stereocenters. The summed E-state index contributed by atoms with van der Waals surface area (Å²) in [5.41, 5.74) is 7.06. The Morgan fingerprint density at radius 3 is 2.67 bits per heavy atom. The molecule has 18 heavy (non-hydrogen) atoms. The van der Waals surface area contributed by atoms with Gasteiger partial charge in [0.25, 0.3) is 0 Å². The van der Waals surface area contributed by atoms with Gasteiger partial charge in [-0.3, -0.25) is 4.90 Å². The van der Waals surface area contributed by atoms with E-state index in [1.54, 1.807) is 14.2 Å². The molecule has 1 heterocycles. The molecule has 0 saturated carbocycles. The van der Waals surface area contributed by atoms with Crippen LogP contribution in [-0.4, -0.2) is 38.3 Å². The molecule has 2 N–H and O–H groups in total. The van der Waals surface area contributed by atoms with Crippen molar-refractivity contribution < 1.29 is 9.47 Å². The molecular formula is C13H21ClN2O2. The molecule has 102 valence electrons. The lowest BCUT2D eigenvalue weighted by Crippen LogP contribution is -2.26. The molecule has 2 rings (SSSR count). The number of ether oxygens (including phenoxy) is 2. The Balaban J connectivity index is 0.00000162. The number of methoxy groups -OCH3 is 2. The fourth-order valence-corrected chi connectivity index (χ4v) is 2.33. The predicted octanol–water partition coefficient (Wildman–Crippen LogP) is 1.66. The minimum absolute atomic E-state index is 0. The molecule has 0 aromatic heterocycles. The Kier molecular flexibility index (Phi) is 5.72. The number of rotatable bonds is 4. The second kappa shape index (κ2) is 6.83. The normalized spacial score (nSPS) is 19.4. The van der Waals surface area contributed by atoms with Crippen LogP contribution in [0.5, 0.6) is 11.5 Å². The quantitative estimate of drug-likeness (QED) is 0.906. The Morgan fingerprint density at radius 2 is 2.11 bits per heavy atom. The molecule has 0 aliphatic carbocycles. The van der Waals surface area contributed by atoms with Gasteiger partial charge >= 0.3 is 0 Å². The van der Waals surface area contributed by atoms with E-state index in [-0.39, 0.29) is 12.4 Å². The van der Waals surface area contributed by atoms with Crippen LogP contribution in [0.2, 0.25) is 0 Å². The van der Waals surface area contributed by atoms with Crippen LogP contribution in [0.4, 0.5) is 0 Å². The fraction of sp³-hybridized carbons (Fsp3) is 0.538. The van der Waals surface area contributed by atoms with Crippen LogP contribution in [0.15, 0.2) is 18.2 Å². The van der Waals surface area contributed by atoms with E-state index < -0.39 is 0 Å². The third-order valence-corrected chi connectivity index (χ3v) is 3.19. The van der Waals surface area contributed by atoms with Gasteiger partial charge in [0.05, 0.1) is 14.2 Å². The zero-order valence-corrected chi connectivity index (χ0v) is 11.7. The summed E-state index contributed by atoms with van der Waals surface area (Å²) in [4.78, 5) is 2.35. The fourth-order valence-electron chi connectivity index (χ4n) is 2.33. The van der Waals surface area contributed by atoms with E-state index in [0.717, 1.165) is 43.1 Å². The Bertz CT molecular complexity index is 387. The van der Waals surface area contributed by atoms with Crippen LogP contribution in [0, 0.1) is 0 Å². The molecule has 0 spiro atoms. The van der Waals surface area contributed by atoms with Crippen molar-refractivity contribution in [3.8, 4) is 11.5 Å². The topological polar surface area (TPSA) is 47.7 Å². The maximum atomic E-state index is 5.91. The standard InChI is InChI=1S/C13H20N2O2.ClH/c1-16-12-5-3-4-10(13(12)17-2)8-15-7-6-11(14)9-15;/h3-5,11H,6-9,14H2,1-2H3;1H. The highest BCUT2D eigenvalue weighted by Gasteiger charge is 2.20. The number of nitrogens with two attached hydrogens (primary N) is 1. The summed E-state index contributed by atoms with van der Waals surface area (Å²) in [6.45, 7) is 2.88. The minimum Gasteiger partial charge on any atom is -0.493 e. The molecule has 0 radical (unpaired) electrons. The predicted molar refractivity (Wildman–Crippen MR) is 74.7 cm³/mol. The highest BCUT2D eigenvalue weighted by atomic mass is 35.5. The average Bonchev–Trinajstić information content (AvgIpc) is 2.74. The summed E-state index contributed by atoms with van der Waals surface area (Å²) in [6.07, 6.45) is 1.08. The van der Waals surface area contributed by atoms with E-state index in [9.17, 15) is 0 Å². The van der Waals surface area contributed by atoms with Gasteiger partial charge in [0, 0.05) is 31.2 Å². The van der Waals surface area contributed by atoms with Crippen molar-refractivity contribution in [3.63, 3.8) is 0 Å². The van der Waals surface area contributed by atoms with Gasteiger partial charge < -0.3 is 15.2 Å². The number of likely N-dealkylation sites (tertiary alicyclic amines) is 1. The molecule has 1 aliphatic rings. The number of halogens is 1. The SMILES string of the molecule is COc1cccc(CN2CCC(N)C2)c1OC.Cl. The highest BCUT2D eigenvalue weighted by molar-refractivity contribution is 5.85. The maximum absolute atomic E-state index is 5.91. The lowest BCUT2D eigenvalue weighted by Gasteiger charge is -2.18. The summed E-state index contributed by atoms with van der Waals surface area (Å²) in [5, 5.41) is 0. The van der Waals surface area contributed by atoms with E-state index in [2.05, 4.69) is 11.0 Å². The van der Waals surface area contributed by atoms with Gasteiger partial charge in [-0.25, -0.2) is 0 Å². The van der Waals surface area contributed by atoms with Crippen LogP contribution >= 0.6 is 12.4 Å². The number of benzene rings is 1. The first-order valence-electron chi connectivity index (χ1n) is 5.92. The van der Waals surface area contributed by atoms with E-state index >= 15 is 0 Å². The van der Waals surface area contributed by atoms with E-state index in [1.807, 2.05) is 12.1 Å². The Labute approximate surface area is 114 Å². The lowest BCUT2D eigenvalue weighted by atomic mass is 10.1. The highest BCUT2D eigenvalue weighted by Crippen LogP contribution is 2.31. The first-order chi connectivity index (χ1) is 8.24. The van der Waals surface area contributed by atoms with Gasteiger partial charge in [-0.05, 0) is 12.5 Å². The molecule has 1 saturated heterocycles. The van der Waals surface area contributed by atoms with Gasteiger partial charge in [0.15, 0.2) is 11.5 Å². The van der Waals surface area contributed by atoms with Crippen molar-refractivity contribution in [3.05, 3.63) is 23.8 Å².